The molecule has 2 aromatic carbocycles. The molecule has 1 fully saturated rings. The lowest BCUT2D eigenvalue weighted by Crippen LogP contribution is -2.41. The van der Waals surface area contributed by atoms with Crippen molar-refractivity contribution in [1.29, 1.82) is 0 Å². The maximum atomic E-state index is 13.3. The molecule has 4 rings (SSSR count). The zero-order chi connectivity index (χ0) is 19.9. The molecule has 1 aliphatic heterocycles. The zero-order valence-electron chi connectivity index (χ0n) is 15.1. The Balaban J connectivity index is 1.43. The summed E-state index contributed by atoms with van der Waals surface area (Å²) in [4.78, 5) is 4.55. The first-order valence-corrected chi connectivity index (χ1v) is 11.5. The molecule has 0 unspecified atom stereocenters. The van der Waals surface area contributed by atoms with Crippen LogP contribution in [-0.4, -0.2) is 36.9 Å². The van der Waals surface area contributed by atoms with Crippen LogP contribution in [0.4, 0.5) is 4.39 Å². The first-order valence-electron chi connectivity index (χ1n) is 8.82. The molecule has 0 atom stereocenters. The Morgan fingerprint density at radius 2 is 2.00 bits per heavy atom. The number of aryl methyl sites for hydroxylation is 1. The van der Waals surface area contributed by atoms with Gasteiger partial charge >= 0.3 is 0 Å². The van der Waals surface area contributed by atoms with Gasteiger partial charge in [0.15, 0.2) is 0 Å². The fraction of sp³-hybridized carbons (Fsp3) is 0.316. The monoisotopic (exact) mass is 440 g/mol. The summed E-state index contributed by atoms with van der Waals surface area (Å²) >= 11 is 7.23. The Kier molecular flexibility index (Phi) is 5.30. The number of hydrogen-bond donors (Lipinski definition) is 0. The van der Waals surface area contributed by atoms with E-state index in [2.05, 4.69) is 4.98 Å². The second kappa shape index (κ2) is 7.59. The third-order valence-electron chi connectivity index (χ3n) is 4.80. The number of nitrogens with zero attached hydrogens (tertiary/aromatic N) is 2. The number of sulfonamides is 1. The van der Waals surface area contributed by atoms with Crippen molar-refractivity contribution >= 4 is 43.2 Å². The van der Waals surface area contributed by atoms with Crippen LogP contribution in [0.1, 0.15) is 18.4 Å². The van der Waals surface area contributed by atoms with Crippen molar-refractivity contribution in [2.75, 3.05) is 13.1 Å². The second-order valence-corrected chi connectivity index (χ2v) is 10.0. The van der Waals surface area contributed by atoms with Crippen LogP contribution >= 0.6 is 22.9 Å². The fourth-order valence-electron chi connectivity index (χ4n) is 3.24. The van der Waals surface area contributed by atoms with Crippen molar-refractivity contribution in [2.45, 2.75) is 30.8 Å². The molecule has 0 bridgehead atoms. The van der Waals surface area contributed by atoms with Crippen LogP contribution < -0.4 is 4.74 Å². The summed E-state index contributed by atoms with van der Waals surface area (Å²) in [7, 11) is -3.71. The molecule has 0 radical (unpaired) electrons. The highest BCUT2D eigenvalue weighted by Gasteiger charge is 2.31. The third-order valence-corrected chi connectivity index (χ3v) is 7.89. The Hall–Kier alpha value is -1.74. The summed E-state index contributed by atoms with van der Waals surface area (Å²) in [5, 5.41) is 0.404. The molecule has 5 nitrogen and oxygen atoms in total. The average Bonchev–Trinajstić information content (AvgIpc) is 3.08. The van der Waals surface area contributed by atoms with Gasteiger partial charge in [0.1, 0.15) is 11.9 Å². The summed E-state index contributed by atoms with van der Waals surface area (Å²) in [6.45, 7) is 2.66. The van der Waals surface area contributed by atoms with Crippen molar-refractivity contribution < 1.29 is 17.5 Å². The molecule has 0 aliphatic carbocycles. The molecule has 0 N–H and O–H groups in total. The van der Waals surface area contributed by atoms with Crippen LogP contribution in [0.25, 0.3) is 10.2 Å². The number of rotatable bonds is 4. The Morgan fingerprint density at radius 1 is 1.25 bits per heavy atom. The summed E-state index contributed by atoms with van der Waals surface area (Å²) < 4.78 is 47.3. The maximum absolute atomic E-state index is 13.3. The second-order valence-electron chi connectivity index (χ2n) is 6.70. The number of ether oxygens (including phenoxy) is 1. The van der Waals surface area contributed by atoms with Gasteiger partial charge in [0, 0.05) is 13.1 Å². The molecule has 1 aliphatic rings. The van der Waals surface area contributed by atoms with Crippen LogP contribution in [0, 0.1) is 12.7 Å². The minimum atomic E-state index is -3.71. The number of benzene rings is 2. The largest absolute Gasteiger partial charge is 0.467 e. The number of halogens is 2. The molecule has 9 heteroatoms. The van der Waals surface area contributed by atoms with Gasteiger partial charge in [-0.25, -0.2) is 17.8 Å². The minimum Gasteiger partial charge on any atom is -0.467 e. The van der Waals surface area contributed by atoms with Crippen LogP contribution in [0.5, 0.6) is 5.19 Å². The number of piperidine rings is 1. The molecule has 1 aromatic heterocycles. The molecule has 148 valence electrons. The SMILES string of the molecule is Cc1cccc2sc(OC3CCN(S(=O)(=O)c4ccc(F)c(Cl)c4)CC3)nc12. The van der Waals surface area contributed by atoms with Crippen LogP contribution in [0.2, 0.25) is 5.02 Å². The van der Waals surface area contributed by atoms with Gasteiger partial charge in [0.25, 0.3) is 5.19 Å². The smallest absolute Gasteiger partial charge is 0.274 e. The number of aromatic nitrogens is 1. The minimum absolute atomic E-state index is 0.0000772. The predicted octanol–water partition coefficient (Wildman–Crippen LogP) is 4.63. The van der Waals surface area contributed by atoms with Gasteiger partial charge in [-0.05, 0) is 49.6 Å². The van der Waals surface area contributed by atoms with E-state index < -0.39 is 15.8 Å². The topological polar surface area (TPSA) is 59.5 Å². The van der Waals surface area contributed by atoms with E-state index >= 15 is 0 Å². The lowest BCUT2D eigenvalue weighted by atomic mass is 10.1. The molecular weight excluding hydrogens is 423 g/mol. The highest BCUT2D eigenvalue weighted by molar-refractivity contribution is 7.89. The fourth-order valence-corrected chi connectivity index (χ4v) is 5.94. The summed E-state index contributed by atoms with van der Waals surface area (Å²) in [6, 6.07) is 9.47. The van der Waals surface area contributed by atoms with Crippen molar-refractivity contribution in [3.8, 4) is 5.19 Å². The van der Waals surface area contributed by atoms with E-state index in [1.807, 2.05) is 25.1 Å². The Bertz CT molecular complexity index is 1130. The lowest BCUT2D eigenvalue weighted by Gasteiger charge is -2.30. The van der Waals surface area contributed by atoms with Gasteiger partial charge in [-0.1, -0.05) is 35.1 Å². The Labute approximate surface area is 171 Å². The molecule has 1 saturated heterocycles. The van der Waals surface area contributed by atoms with Crippen molar-refractivity contribution in [3.63, 3.8) is 0 Å². The summed E-state index contributed by atoms with van der Waals surface area (Å²) in [5.41, 5.74) is 2.04. The van der Waals surface area contributed by atoms with Crippen molar-refractivity contribution in [3.05, 3.63) is 52.8 Å². The van der Waals surface area contributed by atoms with Gasteiger partial charge in [-0.3, -0.25) is 0 Å². The lowest BCUT2D eigenvalue weighted by molar-refractivity contribution is 0.135. The summed E-state index contributed by atoms with van der Waals surface area (Å²) in [5.74, 6) is -0.640. The zero-order valence-corrected chi connectivity index (χ0v) is 17.5. The number of thiazole rings is 1. The number of hydrogen-bond acceptors (Lipinski definition) is 5. The van der Waals surface area contributed by atoms with Gasteiger partial charge in [-0.2, -0.15) is 4.31 Å². The van der Waals surface area contributed by atoms with E-state index in [0.29, 0.717) is 31.1 Å². The van der Waals surface area contributed by atoms with Crippen LogP contribution in [0.3, 0.4) is 0 Å². The highest BCUT2D eigenvalue weighted by Crippen LogP contribution is 2.32. The van der Waals surface area contributed by atoms with E-state index in [9.17, 15) is 12.8 Å². The summed E-state index contributed by atoms with van der Waals surface area (Å²) in [6.07, 6.45) is 1.02. The average molecular weight is 441 g/mol. The molecular formula is C19H18ClFN2O3S2. The van der Waals surface area contributed by atoms with Crippen molar-refractivity contribution in [1.82, 2.24) is 9.29 Å². The van der Waals surface area contributed by atoms with E-state index in [4.69, 9.17) is 16.3 Å². The quantitative estimate of drug-likeness (QED) is 0.593. The predicted molar refractivity (Wildman–Crippen MR) is 108 cm³/mol. The van der Waals surface area contributed by atoms with Crippen LogP contribution in [-0.2, 0) is 10.0 Å². The van der Waals surface area contributed by atoms with Gasteiger partial charge < -0.3 is 4.74 Å². The molecule has 0 saturated carbocycles. The van der Waals surface area contributed by atoms with E-state index in [0.717, 1.165) is 27.9 Å². The van der Waals surface area contributed by atoms with Crippen molar-refractivity contribution in [2.24, 2.45) is 0 Å². The van der Waals surface area contributed by atoms with Gasteiger partial charge in [0.05, 0.1) is 20.1 Å². The number of para-hydroxylation sites is 1. The highest BCUT2D eigenvalue weighted by atomic mass is 35.5. The molecule has 0 amide bonds. The van der Waals surface area contributed by atoms with E-state index in [-0.39, 0.29) is 16.0 Å². The number of fused-ring (bicyclic) bond motifs is 1. The molecule has 3 aromatic rings. The van der Waals surface area contributed by atoms with Gasteiger partial charge in [-0.15, -0.1) is 0 Å². The third kappa shape index (κ3) is 3.74. The Morgan fingerprint density at radius 3 is 2.68 bits per heavy atom. The molecule has 0 spiro atoms. The maximum Gasteiger partial charge on any atom is 0.274 e. The molecule has 2 heterocycles. The molecule has 28 heavy (non-hydrogen) atoms. The van der Waals surface area contributed by atoms with E-state index in [1.165, 1.54) is 21.7 Å². The first-order chi connectivity index (χ1) is 13.3. The normalized spacial score (nSPS) is 16.5. The van der Waals surface area contributed by atoms with Crippen LogP contribution in [0.15, 0.2) is 41.3 Å². The van der Waals surface area contributed by atoms with Gasteiger partial charge in [0.2, 0.25) is 10.0 Å². The standard InChI is InChI=1S/C19H18ClFN2O3S2/c1-12-3-2-4-17-18(12)22-19(27-17)26-13-7-9-23(10-8-13)28(24,25)14-5-6-16(21)15(20)11-14/h2-6,11,13H,7-10H2,1H3. The first kappa shape index (κ1) is 19.6. The van der Waals surface area contributed by atoms with E-state index in [1.54, 1.807) is 0 Å².